The summed E-state index contributed by atoms with van der Waals surface area (Å²) < 4.78 is 0. The number of hydrogen-bond acceptors (Lipinski definition) is 1. The molecule has 1 amide bonds. The van der Waals surface area contributed by atoms with Gasteiger partial charge < -0.3 is 5.32 Å². The van der Waals surface area contributed by atoms with E-state index in [9.17, 15) is 4.79 Å². The smallest absolute Gasteiger partial charge is 0.251 e. The van der Waals surface area contributed by atoms with E-state index < -0.39 is 0 Å². The van der Waals surface area contributed by atoms with Crippen LogP contribution in [0.25, 0.3) is 6.08 Å². The zero-order chi connectivity index (χ0) is 14.5. The molecule has 0 fully saturated rings. The van der Waals surface area contributed by atoms with Gasteiger partial charge in [-0.05, 0) is 55.7 Å². The molecule has 20 heavy (non-hydrogen) atoms. The lowest BCUT2D eigenvalue weighted by molar-refractivity contribution is -0.112. The molecule has 0 saturated heterocycles. The van der Waals surface area contributed by atoms with Crippen LogP contribution in [0.5, 0.6) is 0 Å². The molecule has 2 rings (SSSR count). The first-order chi connectivity index (χ1) is 9.56. The van der Waals surface area contributed by atoms with E-state index in [4.69, 9.17) is 0 Å². The number of anilines is 1. The maximum absolute atomic E-state index is 12.1. The summed E-state index contributed by atoms with van der Waals surface area (Å²) in [6.45, 7) is 5.92. The standard InChI is InChI=1S/C18H19NO/c1-13-9-10-17(12-14(13)2)19-18(20)15(3)11-16-7-5-4-6-8-16/h4-12H,1-3H3,(H,19,20). The Labute approximate surface area is 120 Å². The molecule has 0 bridgehead atoms. The first-order valence-corrected chi connectivity index (χ1v) is 6.68. The second-order valence-corrected chi connectivity index (χ2v) is 4.99. The van der Waals surface area contributed by atoms with Gasteiger partial charge in [-0.3, -0.25) is 4.79 Å². The third-order valence-electron chi connectivity index (χ3n) is 3.31. The molecule has 0 spiro atoms. The van der Waals surface area contributed by atoms with Gasteiger partial charge in [0.25, 0.3) is 5.91 Å². The Kier molecular flexibility index (Phi) is 4.36. The molecule has 2 nitrogen and oxygen atoms in total. The van der Waals surface area contributed by atoms with Crippen LogP contribution in [0.3, 0.4) is 0 Å². The predicted octanol–water partition coefficient (Wildman–Crippen LogP) is 4.35. The number of carbonyl (C=O) groups is 1. The van der Waals surface area contributed by atoms with Gasteiger partial charge in [0, 0.05) is 11.3 Å². The molecule has 0 aliphatic carbocycles. The molecule has 2 heteroatoms. The highest BCUT2D eigenvalue weighted by atomic mass is 16.1. The largest absolute Gasteiger partial charge is 0.322 e. The van der Waals surface area contributed by atoms with Crippen LogP contribution in [0.15, 0.2) is 54.1 Å². The molecule has 0 atom stereocenters. The molecule has 102 valence electrons. The summed E-state index contributed by atoms with van der Waals surface area (Å²) in [6, 6.07) is 15.8. The molecule has 0 unspecified atom stereocenters. The average Bonchev–Trinajstić information content (AvgIpc) is 2.44. The van der Waals surface area contributed by atoms with E-state index in [1.54, 1.807) is 0 Å². The summed E-state index contributed by atoms with van der Waals surface area (Å²) in [5.74, 6) is -0.0721. The highest BCUT2D eigenvalue weighted by molar-refractivity contribution is 6.06. The molecule has 0 aliphatic heterocycles. The van der Waals surface area contributed by atoms with Gasteiger partial charge in [-0.25, -0.2) is 0 Å². The quantitative estimate of drug-likeness (QED) is 0.821. The number of benzene rings is 2. The monoisotopic (exact) mass is 265 g/mol. The minimum Gasteiger partial charge on any atom is -0.322 e. The number of hydrogen-bond donors (Lipinski definition) is 1. The molecule has 0 saturated carbocycles. The maximum Gasteiger partial charge on any atom is 0.251 e. The van der Waals surface area contributed by atoms with Gasteiger partial charge in [-0.1, -0.05) is 36.4 Å². The van der Waals surface area contributed by atoms with Crippen molar-refractivity contribution >= 4 is 17.7 Å². The van der Waals surface area contributed by atoms with Gasteiger partial charge in [-0.15, -0.1) is 0 Å². The van der Waals surface area contributed by atoms with Crippen molar-refractivity contribution in [1.29, 1.82) is 0 Å². The number of aryl methyl sites for hydroxylation is 2. The van der Waals surface area contributed by atoms with Crippen LogP contribution in [-0.2, 0) is 4.79 Å². The lowest BCUT2D eigenvalue weighted by atomic mass is 10.1. The van der Waals surface area contributed by atoms with E-state index in [0.29, 0.717) is 5.57 Å². The second-order valence-electron chi connectivity index (χ2n) is 4.99. The maximum atomic E-state index is 12.1. The van der Waals surface area contributed by atoms with Crippen LogP contribution in [-0.4, -0.2) is 5.91 Å². The number of carbonyl (C=O) groups excluding carboxylic acids is 1. The number of rotatable bonds is 3. The van der Waals surface area contributed by atoms with Crippen molar-refractivity contribution in [2.24, 2.45) is 0 Å². The van der Waals surface area contributed by atoms with Crippen LogP contribution < -0.4 is 5.32 Å². The van der Waals surface area contributed by atoms with Crippen molar-refractivity contribution in [3.8, 4) is 0 Å². The molecule has 0 aromatic heterocycles. The third kappa shape index (κ3) is 3.58. The second kappa shape index (κ2) is 6.20. The zero-order valence-corrected chi connectivity index (χ0v) is 12.1. The molecule has 2 aromatic rings. The minimum absolute atomic E-state index is 0.0721. The van der Waals surface area contributed by atoms with Crippen molar-refractivity contribution in [3.63, 3.8) is 0 Å². The highest BCUT2D eigenvalue weighted by Crippen LogP contribution is 2.15. The minimum atomic E-state index is -0.0721. The van der Waals surface area contributed by atoms with Crippen LogP contribution in [0.2, 0.25) is 0 Å². The normalized spacial score (nSPS) is 11.2. The SMILES string of the molecule is CC(=Cc1ccccc1)C(=O)Nc1ccc(C)c(C)c1. The molecule has 0 aliphatic rings. The summed E-state index contributed by atoms with van der Waals surface area (Å²) >= 11 is 0. The van der Waals surface area contributed by atoms with Crippen molar-refractivity contribution in [2.75, 3.05) is 5.32 Å². The van der Waals surface area contributed by atoms with E-state index >= 15 is 0 Å². The fourth-order valence-electron chi connectivity index (χ4n) is 1.91. The van der Waals surface area contributed by atoms with Crippen LogP contribution in [0.1, 0.15) is 23.6 Å². The van der Waals surface area contributed by atoms with Gasteiger partial charge >= 0.3 is 0 Å². The summed E-state index contributed by atoms with van der Waals surface area (Å²) in [7, 11) is 0. The van der Waals surface area contributed by atoms with Crippen LogP contribution >= 0.6 is 0 Å². The topological polar surface area (TPSA) is 29.1 Å². The average molecular weight is 265 g/mol. The van der Waals surface area contributed by atoms with Gasteiger partial charge in [0.15, 0.2) is 0 Å². The van der Waals surface area contributed by atoms with Crippen molar-refractivity contribution in [2.45, 2.75) is 20.8 Å². The molecule has 0 heterocycles. The van der Waals surface area contributed by atoms with E-state index in [1.165, 1.54) is 11.1 Å². The van der Waals surface area contributed by atoms with E-state index in [0.717, 1.165) is 11.3 Å². The summed E-state index contributed by atoms with van der Waals surface area (Å²) in [4.78, 5) is 12.1. The van der Waals surface area contributed by atoms with Crippen molar-refractivity contribution in [3.05, 3.63) is 70.8 Å². The summed E-state index contributed by atoms with van der Waals surface area (Å²) in [6.07, 6.45) is 1.89. The fourth-order valence-corrected chi connectivity index (χ4v) is 1.91. The van der Waals surface area contributed by atoms with Gasteiger partial charge in [0.2, 0.25) is 0 Å². The third-order valence-corrected chi connectivity index (χ3v) is 3.31. The van der Waals surface area contributed by atoms with Gasteiger partial charge in [0.05, 0.1) is 0 Å². The molecular formula is C18H19NO. The number of amides is 1. The Hall–Kier alpha value is -2.35. The van der Waals surface area contributed by atoms with Crippen LogP contribution in [0.4, 0.5) is 5.69 Å². The Morgan fingerprint density at radius 3 is 2.35 bits per heavy atom. The Morgan fingerprint density at radius 2 is 1.70 bits per heavy atom. The Balaban J connectivity index is 2.11. The Morgan fingerprint density at radius 1 is 1.00 bits per heavy atom. The van der Waals surface area contributed by atoms with Crippen LogP contribution in [0, 0.1) is 13.8 Å². The van der Waals surface area contributed by atoms with E-state index in [2.05, 4.69) is 12.2 Å². The predicted molar refractivity (Wildman–Crippen MR) is 84.6 cm³/mol. The van der Waals surface area contributed by atoms with E-state index in [-0.39, 0.29) is 5.91 Å². The molecule has 1 N–H and O–H groups in total. The molecular weight excluding hydrogens is 246 g/mol. The lowest BCUT2D eigenvalue weighted by Gasteiger charge is -2.08. The van der Waals surface area contributed by atoms with Crippen molar-refractivity contribution < 1.29 is 4.79 Å². The molecule has 2 aromatic carbocycles. The van der Waals surface area contributed by atoms with E-state index in [1.807, 2.05) is 68.5 Å². The lowest BCUT2D eigenvalue weighted by Crippen LogP contribution is -2.12. The first-order valence-electron chi connectivity index (χ1n) is 6.68. The first kappa shape index (κ1) is 14.1. The highest BCUT2D eigenvalue weighted by Gasteiger charge is 2.05. The number of nitrogens with one attached hydrogen (secondary N) is 1. The summed E-state index contributed by atoms with van der Waals surface area (Å²) in [5.41, 5.74) is 4.95. The molecule has 0 radical (unpaired) electrons. The fraction of sp³-hybridized carbons (Fsp3) is 0.167. The van der Waals surface area contributed by atoms with Gasteiger partial charge in [-0.2, -0.15) is 0 Å². The summed E-state index contributed by atoms with van der Waals surface area (Å²) in [5, 5.41) is 2.92. The zero-order valence-electron chi connectivity index (χ0n) is 12.1. The van der Waals surface area contributed by atoms with Gasteiger partial charge in [0.1, 0.15) is 0 Å². The Bertz CT molecular complexity index is 642. The van der Waals surface area contributed by atoms with Crippen molar-refractivity contribution in [1.82, 2.24) is 0 Å².